The molecule has 23 heavy (non-hydrogen) atoms. The van der Waals surface area contributed by atoms with Gasteiger partial charge in [-0.05, 0) is 37.1 Å². The van der Waals surface area contributed by atoms with Crippen molar-refractivity contribution in [3.63, 3.8) is 0 Å². The van der Waals surface area contributed by atoms with Crippen LogP contribution in [0.3, 0.4) is 0 Å². The van der Waals surface area contributed by atoms with Crippen molar-refractivity contribution in [3.8, 4) is 0 Å². The first kappa shape index (κ1) is 18.2. The lowest BCUT2D eigenvalue weighted by Crippen LogP contribution is -2.45. The number of piperidine rings is 1. The maximum absolute atomic E-state index is 12.7. The number of carbonyl (C=O) groups excluding carboxylic acids is 1. The smallest absolute Gasteiger partial charge is 0.243 e. The zero-order chi connectivity index (χ0) is 16.9. The number of carbonyl (C=O) groups is 1. The molecule has 1 amide bonds. The Hall–Kier alpha value is -1.15. The molecule has 0 unspecified atom stereocenters. The second-order valence-electron chi connectivity index (χ2n) is 5.44. The van der Waals surface area contributed by atoms with Gasteiger partial charge in [0.05, 0.1) is 17.4 Å². The third kappa shape index (κ3) is 4.67. The lowest BCUT2D eigenvalue weighted by Gasteiger charge is -2.31. The van der Waals surface area contributed by atoms with Crippen molar-refractivity contribution >= 4 is 27.5 Å². The summed E-state index contributed by atoms with van der Waals surface area (Å²) in [7, 11) is -2.04. The van der Waals surface area contributed by atoms with Crippen molar-refractivity contribution in [1.82, 2.24) is 9.62 Å². The molecule has 1 saturated heterocycles. The fourth-order valence-electron chi connectivity index (χ4n) is 2.55. The normalized spacial score (nSPS) is 19.5. The number of amides is 1. The van der Waals surface area contributed by atoms with Crippen LogP contribution in [-0.2, 0) is 19.6 Å². The van der Waals surface area contributed by atoms with E-state index in [0.29, 0.717) is 37.6 Å². The Balaban J connectivity index is 2.05. The van der Waals surface area contributed by atoms with Crippen LogP contribution >= 0.6 is 11.6 Å². The summed E-state index contributed by atoms with van der Waals surface area (Å²) < 4.78 is 31.6. The molecule has 1 N–H and O–H groups in total. The van der Waals surface area contributed by atoms with Gasteiger partial charge in [-0.3, -0.25) is 4.79 Å². The summed E-state index contributed by atoms with van der Waals surface area (Å²) in [6, 6.07) is 6.07. The van der Waals surface area contributed by atoms with E-state index in [1.807, 2.05) is 0 Å². The largest absolute Gasteiger partial charge is 0.383 e. The van der Waals surface area contributed by atoms with Crippen LogP contribution in [0.15, 0.2) is 29.2 Å². The molecule has 6 nitrogen and oxygen atoms in total. The first-order chi connectivity index (χ1) is 10.9. The zero-order valence-electron chi connectivity index (χ0n) is 13.0. The number of sulfonamides is 1. The van der Waals surface area contributed by atoms with Crippen LogP contribution < -0.4 is 5.32 Å². The predicted molar refractivity (Wildman–Crippen MR) is 87.8 cm³/mol. The Morgan fingerprint density at radius 2 is 2.09 bits per heavy atom. The molecular weight excluding hydrogens is 340 g/mol. The van der Waals surface area contributed by atoms with E-state index in [2.05, 4.69) is 5.32 Å². The quantitative estimate of drug-likeness (QED) is 0.780. The minimum atomic E-state index is -3.60. The minimum absolute atomic E-state index is 0.127. The second-order valence-corrected chi connectivity index (χ2v) is 7.81. The van der Waals surface area contributed by atoms with Crippen molar-refractivity contribution in [3.05, 3.63) is 29.3 Å². The van der Waals surface area contributed by atoms with Gasteiger partial charge in [0.25, 0.3) is 0 Å². The van der Waals surface area contributed by atoms with Gasteiger partial charge in [0.2, 0.25) is 15.9 Å². The molecule has 1 aliphatic rings. The van der Waals surface area contributed by atoms with E-state index in [0.717, 1.165) is 0 Å². The van der Waals surface area contributed by atoms with Gasteiger partial charge in [0.1, 0.15) is 0 Å². The third-order valence-electron chi connectivity index (χ3n) is 3.81. The highest BCUT2D eigenvalue weighted by molar-refractivity contribution is 7.89. The Labute approximate surface area is 141 Å². The van der Waals surface area contributed by atoms with Crippen molar-refractivity contribution in [1.29, 1.82) is 0 Å². The van der Waals surface area contributed by atoms with Gasteiger partial charge in [-0.1, -0.05) is 11.6 Å². The first-order valence-corrected chi connectivity index (χ1v) is 9.29. The predicted octanol–water partition coefficient (Wildman–Crippen LogP) is 1.50. The summed E-state index contributed by atoms with van der Waals surface area (Å²) in [5, 5.41) is 3.25. The monoisotopic (exact) mass is 360 g/mol. The fraction of sp³-hybridized carbons (Fsp3) is 0.533. The number of halogens is 1. The molecule has 8 heteroatoms. The van der Waals surface area contributed by atoms with E-state index in [-0.39, 0.29) is 23.3 Å². The van der Waals surface area contributed by atoms with E-state index in [1.165, 1.54) is 16.4 Å². The highest BCUT2D eigenvalue weighted by Crippen LogP contribution is 2.24. The lowest BCUT2D eigenvalue weighted by atomic mass is 9.99. The minimum Gasteiger partial charge on any atom is -0.383 e. The van der Waals surface area contributed by atoms with Gasteiger partial charge >= 0.3 is 0 Å². The fourth-order valence-corrected chi connectivity index (χ4v) is 4.20. The second kappa shape index (κ2) is 8.10. The standard InChI is InChI=1S/C15H21ClN2O4S/c1-22-10-8-17-15(19)12-3-2-9-18(11-12)23(20,21)14-6-4-13(16)5-7-14/h4-7,12H,2-3,8-11H2,1H3,(H,17,19)/t12-/m0/s1. The van der Waals surface area contributed by atoms with E-state index in [4.69, 9.17) is 16.3 Å². The molecule has 0 radical (unpaired) electrons. The van der Waals surface area contributed by atoms with Crippen molar-refractivity contribution in [2.45, 2.75) is 17.7 Å². The van der Waals surface area contributed by atoms with Crippen LogP contribution in [-0.4, -0.2) is 52.0 Å². The van der Waals surface area contributed by atoms with Crippen molar-refractivity contribution in [2.75, 3.05) is 33.4 Å². The van der Waals surface area contributed by atoms with E-state index < -0.39 is 10.0 Å². The van der Waals surface area contributed by atoms with Crippen molar-refractivity contribution < 1.29 is 17.9 Å². The topological polar surface area (TPSA) is 75.7 Å². The van der Waals surface area contributed by atoms with Crippen LogP contribution in [0.5, 0.6) is 0 Å². The van der Waals surface area contributed by atoms with Crippen LogP contribution in [0, 0.1) is 5.92 Å². The molecule has 1 aromatic rings. The molecule has 128 valence electrons. The van der Waals surface area contributed by atoms with Crippen LogP contribution in [0.25, 0.3) is 0 Å². The van der Waals surface area contributed by atoms with E-state index in [9.17, 15) is 13.2 Å². The molecule has 1 aliphatic heterocycles. The number of hydrogen-bond donors (Lipinski definition) is 1. The Kier molecular flexibility index (Phi) is 6.41. The number of nitrogens with zero attached hydrogens (tertiary/aromatic N) is 1. The van der Waals surface area contributed by atoms with E-state index in [1.54, 1.807) is 19.2 Å². The highest BCUT2D eigenvalue weighted by atomic mass is 35.5. The summed E-state index contributed by atoms with van der Waals surface area (Å²) in [4.78, 5) is 12.3. The number of nitrogens with one attached hydrogen (secondary N) is 1. The summed E-state index contributed by atoms with van der Waals surface area (Å²) >= 11 is 5.80. The van der Waals surface area contributed by atoms with Crippen LogP contribution in [0.2, 0.25) is 5.02 Å². The number of ether oxygens (including phenoxy) is 1. The van der Waals surface area contributed by atoms with Crippen molar-refractivity contribution in [2.24, 2.45) is 5.92 Å². The van der Waals surface area contributed by atoms with Crippen LogP contribution in [0.1, 0.15) is 12.8 Å². The Morgan fingerprint density at radius 1 is 1.39 bits per heavy atom. The highest BCUT2D eigenvalue weighted by Gasteiger charge is 2.33. The molecule has 2 rings (SSSR count). The van der Waals surface area contributed by atoms with E-state index >= 15 is 0 Å². The maximum Gasteiger partial charge on any atom is 0.243 e. The van der Waals surface area contributed by atoms with Gasteiger partial charge < -0.3 is 10.1 Å². The molecule has 0 saturated carbocycles. The number of methoxy groups -OCH3 is 1. The molecule has 0 spiro atoms. The average Bonchev–Trinajstić information content (AvgIpc) is 2.55. The SMILES string of the molecule is COCCNC(=O)[C@H]1CCCN(S(=O)(=O)c2ccc(Cl)cc2)C1. The summed E-state index contributed by atoms with van der Waals surface area (Å²) in [6.07, 6.45) is 1.35. The lowest BCUT2D eigenvalue weighted by molar-refractivity contribution is -0.126. The maximum atomic E-state index is 12.7. The summed E-state index contributed by atoms with van der Waals surface area (Å²) in [5.41, 5.74) is 0. The molecular formula is C15H21ClN2O4S. The molecule has 1 fully saturated rings. The van der Waals surface area contributed by atoms with Crippen LogP contribution in [0.4, 0.5) is 0 Å². The summed E-state index contributed by atoms with van der Waals surface area (Å²) in [6.45, 7) is 1.48. The molecule has 1 atom stereocenters. The molecule has 1 heterocycles. The zero-order valence-corrected chi connectivity index (χ0v) is 14.6. The average molecular weight is 361 g/mol. The molecule has 0 aliphatic carbocycles. The van der Waals surface area contributed by atoms with Gasteiger partial charge in [-0.2, -0.15) is 4.31 Å². The Morgan fingerprint density at radius 3 is 2.74 bits per heavy atom. The Bertz CT molecular complexity index is 633. The van der Waals surface area contributed by atoms with Gasteiger partial charge in [-0.15, -0.1) is 0 Å². The number of hydrogen-bond acceptors (Lipinski definition) is 4. The summed E-state index contributed by atoms with van der Waals surface area (Å²) in [5.74, 6) is -0.458. The number of benzene rings is 1. The molecule has 0 bridgehead atoms. The van der Waals surface area contributed by atoms with Gasteiger partial charge in [0, 0.05) is 31.8 Å². The molecule has 1 aromatic carbocycles. The number of rotatable bonds is 6. The molecule has 0 aromatic heterocycles. The van der Waals surface area contributed by atoms with Gasteiger partial charge in [-0.25, -0.2) is 8.42 Å². The third-order valence-corrected chi connectivity index (χ3v) is 5.94. The first-order valence-electron chi connectivity index (χ1n) is 7.47. The van der Waals surface area contributed by atoms with Gasteiger partial charge in [0.15, 0.2) is 0 Å².